The summed E-state index contributed by atoms with van der Waals surface area (Å²) in [5.41, 5.74) is 12.2. The molecular formula is C29H33Cl2FN10O2. The highest BCUT2D eigenvalue weighted by Crippen LogP contribution is 2.22. The molecule has 0 radical (unpaired) electrons. The lowest BCUT2D eigenvalue weighted by Gasteiger charge is -2.26. The maximum absolute atomic E-state index is 14.0. The second-order valence-electron chi connectivity index (χ2n) is 10.0. The molecule has 4 rings (SSSR count). The first kappa shape index (κ1) is 32.4. The minimum atomic E-state index is -0.938. The van der Waals surface area contributed by atoms with Gasteiger partial charge >= 0.3 is 0 Å². The number of hydrogen-bond donors (Lipinski definition) is 4. The van der Waals surface area contributed by atoms with Crippen LogP contribution >= 0.6 is 23.2 Å². The second-order valence-corrected chi connectivity index (χ2v) is 10.9. The third-order valence-electron chi connectivity index (χ3n) is 6.64. The number of unbranched alkanes of at least 4 members (excludes halogenated alkanes) is 1. The zero-order valence-corrected chi connectivity index (χ0v) is 25.5. The van der Waals surface area contributed by atoms with E-state index in [4.69, 9.17) is 34.7 Å². The molecule has 2 aromatic heterocycles. The molecule has 1 unspecified atom stereocenters. The van der Waals surface area contributed by atoms with E-state index in [1.807, 2.05) is 6.07 Å². The van der Waals surface area contributed by atoms with Crippen molar-refractivity contribution in [1.82, 2.24) is 30.0 Å². The van der Waals surface area contributed by atoms with Crippen LogP contribution in [0.4, 0.5) is 10.2 Å². The first-order valence-corrected chi connectivity index (χ1v) is 14.7. The number of nitrogens with zero attached hydrogens (tertiary/aromatic N) is 6. The average molecular weight is 644 g/mol. The number of nitrogens with two attached hydrogens (primary N) is 2. The molecule has 2 amide bonds. The average Bonchev–Trinajstić information content (AvgIpc) is 3.64. The number of halogens is 3. The maximum Gasteiger partial charge on any atom is 0.291 e. The van der Waals surface area contributed by atoms with Gasteiger partial charge in [0.1, 0.15) is 23.5 Å². The molecule has 0 aliphatic rings. The van der Waals surface area contributed by atoms with E-state index in [-0.39, 0.29) is 23.5 Å². The van der Waals surface area contributed by atoms with Crippen LogP contribution in [0.15, 0.2) is 60.0 Å². The van der Waals surface area contributed by atoms with Crippen molar-refractivity contribution < 1.29 is 14.0 Å². The smallest absolute Gasteiger partial charge is 0.291 e. The number of aromatic nitrogens is 5. The van der Waals surface area contributed by atoms with Crippen molar-refractivity contribution in [2.24, 2.45) is 16.5 Å². The van der Waals surface area contributed by atoms with E-state index in [1.165, 1.54) is 34.2 Å². The lowest BCUT2D eigenvalue weighted by atomic mass is 10.1. The number of hydrogen-bond acceptors (Lipinski definition) is 6. The van der Waals surface area contributed by atoms with E-state index < -0.39 is 11.9 Å². The van der Waals surface area contributed by atoms with Gasteiger partial charge in [-0.05, 0) is 74.9 Å². The van der Waals surface area contributed by atoms with Crippen LogP contribution in [0.1, 0.15) is 47.7 Å². The van der Waals surface area contributed by atoms with Crippen LogP contribution in [-0.4, -0.2) is 61.6 Å². The van der Waals surface area contributed by atoms with Crippen molar-refractivity contribution in [2.75, 3.05) is 18.0 Å². The Labute approximate surface area is 263 Å². The van der Waals surface area contributed by atoms with Crippen molar-refractivity contribution in [3.63, 3.8) is 0 Å². The van der Waals surface area contributed by atoms with Crippen molar-refractivity contribution in [3.05, 3.63) is 88.1 Å². The summed E-state index contributed by atoms with van der Waals surface area (Å²) in [6.07, 6.45) is 5.49. The minimum Gasteiger partial charge on any atom is -0.370 e. The quantitative estimate of drug-likeness (QED) is 0.0915. The summed E-state index contributed by atoms with van der Waals surface area (Å²) in [5.74, 6) is -0.579. The zero-order chi connectivity index (χ0) is 31.6. The number of imidazole rings is 1. The van der Waals surface area contributed by atoms with Gasteiger partial charge in [0, 0.05) is 23.1 Å². The molecular weight excluding hydrogens is 610 g/mol. The van der Waals surface area contributed by atoms with Gasteiger partial charge in [-0.15, -0.1) is 5.10 Å². The molecule has 44 heavy (non-hydrogen) atoms. The van der Waals surface area contributed by atoms with Crippen LogP contribution in [0, 0.1) is 12.7 Å². The molecule has 2 aromatic carbocycles. The number of aliphatic imine (C=N–C) groups is 1. The van der Waals surface area contributed by atoms with E-state index in [0.29, 0.717) is 72.6 Å². The topological polar surface area (TPSA) is 173 Å². The molecule has 0 aliphatic heterocycles. The summed E-state index contributed by atoms with van der Waals surface area (Å²) in [5, 5.41) is 7.96. The Morgan fingerprint density at radius 3 is 2.59 bits per heavy atom. The highest BCUT2D eigenvalue weighted by atomic mass is 35.5. The fraction of sp³-hybridized carbons (Fsp3) is 0.310. The second kappa shape index (κ2) is 15.3. The number of nitrogens with one attached hydrogen (secondary N) is 2. The molecule has 0 saturated carbocycles. The number of amides is 2. The Morgan fingerprint density at radius 1 is 1.14 bits per heavy atom. The van der Waals surface area contributed by atoms with Gasteiger partial charge in [-0.25, -0.2) is 19.0 Å². The lowest BCUT2D eigenvalue weighted by Crippen LogP contribution is -2.49. The Morgan fingerprint density at radius 2 is 1.91 bits per heavy atom. The molecule has 4 aromatic rings. The van der Waals surface area contributed by atoms with E-state index in [0.717, 1.165) is 5.56 Å². The number of benzene rings is 2. The van der Waals surface area contributed by atoms with E-state index in [1.54, 1.807) is 31.2 Å². The van der Waals surface area contributed by atoms with E-state index in [2.05, 4.69) is 30.4 Å². The van der Waals surface area contributed by atoms with Crippen LogP contribution in [0.2, 0.25) is 10.0 Å². The highest BCUT2D eigenvalue weighted by Gasteiger charge is 2.29. The minimum absolute atomic E-state index is 0.0207. The summed E-state index contributed by atoms with van der Waals surface area (Å²) in [6.45, 7) is 2.35. The van der Waals surface area contributed by atoms with Crippen LogP contribution in [0.3, 0.4) is 0 Å². The van der Waals surface area contributed by atoms with Crippen LogP contribution in [-0.2, 0) is 11.2 Å². The highest BCUT2D eigenvalue weighted by molar-refractivity contribution is 6.34. The van der Waals surface area contributed by atoms with Gasteiger partial charge < -0.3 is 21.8 Å². The number of aromatic amines is 1. The largest absolute Gasteiger partial charge is 0.370 e. The normalized spacial score (nSPS) is 11.6. The molecule has 0 aliphatic carbocycles. The Hall–Kier alpha value is -4.49. The van der Waals surface area contributed by atoms with Crippen molar-refractivity contribution >= 4 is 46.8 Å². The number of guanidine groups is 1. The lowest BCUT2D eigenvalue weighted by molar-refractivity contribution is -0.120. The van der Waals surface area contributed by atoms with Crippen molar-refractivity contribution in [3.8, 4) is 5.69 Å². The van der Waals surface area contributed by atoms with Crippen molar-refractivity contribution in [2.45, 2.75) is 45.1 Å². The fourth-order valence-electron chi connectivity index (χ4n) is 4.61. The van der Waals surface area contributed by atoms with Gasteiger partial charge in [0.25, 0.3) is 11.8 Å². The molecule has 12 nitrogen and oxygen atoms in total. The van der Waals surface area contributed by atoms with Gasteiger partial charge in [-0.2, -0.15) is 0 Å². The summed E-state index contributed by atoms with van der Waals surface area (Å²) in [4.78, 5) is 44.3. The molecule has 1 atom stereocenters. The number of carbonyl (C=O) groups is 2. The van der Waals surface area contributed by atoms with Crippen LogP contribution in [0.25, 0.3) is 5.69 Å². The third-order valence-corrected chi connectivity index (χ3v) is 7.08. The van der Waals surface area contributed by atoms with Crippen LogP contribution < -0.4 is 21.7 Å². The van der Waals surface area contributed by atoms with Gasteiger partial charge in [0.2, 0.25) is 5.82 Å². The Kier molecular flexibility index (Phi) is 11.3. The summed E-state index contributed by atoms with van der Waals surface area (Å²) in [6, 6.07) is 10.3. The molecule has 232 valence electrons. The number of rotatable bonds is 14. The molecule has 2 heterocycles. The molecule has 0 spiro atoms. The van der Waals surface area contributed by atoms with Crippen LogP contribution in [0.5, 0.6) is 0 Å². The molecule has 0 fully saturated rings. The Bertz CT molecular complexity index is 1590. The standard InChI is InChI=1S/C29H33Cl2FN10O2/c1-18-38-26(40-42(18)23-14-20(30)13-21(31)15-23)27(43)39-24(9-2-3-10-36-29(33)34)28(44)41(25-16-35-17-37-25)11-5-7-19-6-4-8-22(32)12-19/h4,6,8,12-17,24H,2-3,5,7,9-11H2,1H3,(H,35,37)(H,39,43)(H4,33,34,36). The van der Waals surface area contributed by atoms with Gasteiger partial charge in [0.15, 0.2) is 5.96 Å². The molecule has 6 N–H and O–H groups in total. The number of anilines is 1. The van der Waals surface area contributed by atoms with E-state index in [9.17, 15) is 14.0 Å². The zero-order valence-electron chi connectivity index (χ0n) is 24.0. The predicted molar refractivity (Wildman–Crippen MR) is 168 cm³/mol. The number of aryl methyl sites for hydroxylation is 2. The fourth-order valence-corrected chi connectivity index (χ4v) is 5.12. The first-order valence-electron chi connectivity index (χ1n) is 13.9. The SMILES string of the molecule is Cc1nc(C(=O)NC(CCCCN=C(N)N)C(=O)N(CCCc2cccc(F)c2)c2cnc[nH]2)nn1-c1cc(Cl)cc(Cl)c1. The summed E-state index contributed by atoms with van der Waals surface area (Å²) >= 11 is 12.3. The third kappa shape index (κ3) is 9.01. The van der Waals surface area contributed by atoms with Gasteiger partial charge in [-0.3, -0.25) is 19.5 Å². The summed E-state index contributed by atoms with van der Waals surface area (Å²) < 4.78 is 15.1. The summed E-state index contributed by atoms with van der Waals surface area (Å²) in [7, 11) is 0. The predicted octanol–water partition coefficient (Wildman–Crippen LogP) is 3.95. The monoisotopic (exact) mass is 642 g/mol. The van der Waals surface area contributed by atoms with E-state index >= 15 is 0 Å². The maximum atomic E-state index is 14.0. The van der Waals surface area contributed by atoms with Gasteiger partial charge in [0.05, 0.1) is 18.2 Å². The molecule has 15 heteroatoms. The Balaban J connectivity index is 1.53. The first-order chi connectivity index (χ1) is 21.1. The molecule has 0 saturated heterocycles. The van der Waals surface area contributed by atoms with Crippen molar-refractivity contribution in [1.29, 1.82) is 0 Å². The molecule has 0 bridgehead atoms. The number of H-pyrrole nitrogens is 1. The number of carbonyl (C=O) groups excluding carboxylic acids is 2. The van der Waals surface area contributed by atoms with Gasteiger partial charge in [-0.1, -0.05) is 35.3 Å².